The first-order valence-corrected chi connectivity index (χ1v) is 6.10. The zero-order chi connectivity index (χ0) is 14.1. The lowest BCUT2D eigenvalue weighted by molar-refractivity contribution is 0.0747. The molecule has 0 aromatic heterocycles. The van der Waals surface area contributed by atoms with E-state index in [0.717, 1.165) is 0 Å². The van der Waals surface area contributed by atoms with Crippen LogP contribution in [-0.4, -0.2) is 10.9 Å². The highest BCUT2D eigenvalue weighted by atomic mass is 16.3. The van der Waals surface area contributed by atoms with E-state index >= 15 is 0 Å². The molecule has 0 saturated carbocycles. The van der Waals surface area contributed by atoms with E-state index in [-0.39, 0.29) is 5.78 Å². The normalized spacial score (nSPS) is 10.8. The van der Waals surface area contributed by atoms with Crippen LogP contribution in [0.1, 0.15) is 28.9 Å². The maximum absolute atomic E-state index is 11.9. The van der Waals surface area contributed by atoms with E-state index in [2.05, 4.69) is 6.58 Å². The van der Waals surface area contributed by atoms with Crippen molar-refractivity contribution in [3.8, 4) is 0 Å². The van der Waals surface area contributed by atoms with Gasteiger partial charge in [0.2, 0.25) is 0 Å². The summed E-state index contributed by atoms with van der Waals surface area (Å²) >= 11 is 0. The first-order valence-electron chi connectivity index (χ1n) is 6.10. The topological polar surface area (TPSA) is 37.3 Å². The molecule has 2 aromatic carbocycles. The van der Waals surface area contributed by atoms with Crippen LogP contribution in [0.2, 0.25) is 0 Å². The molecule has 2 rings (SSSR count). The molecule has 19 heavy (non-hydrogen) atoms. The monoisotopic (exact) mass is 254 g/mol. The van der Waals surface area contributed by atoms with Gasteiger partial charge in [-0.2, -0.15) is 0 Å². The fraction of sp³-hybridized carbons (Fsp3) is 0.118. The Hall–Kier alpha value is -2.19. The van der Waals surface area contributed by atoms with Gasteiger partial charge in [0.15, 0.2) is 5.78 Å². The van der Waals surface area contributed by atoms with Crippen molar-refractivity contribution in [1.82, 2.24) is 0 Å². The van der Waals surface area contributed by atoms with Crippen LogP contribution in [0.15, 0.2) is 73.3 Å². The third-order valence-corrected chi connectivity index (χ3v) is 2.42. The van der Waals surface area contributed by atoms with Crippen LogP contribution in [0, 0.1) is 0 Å². The zero-order valence-electron chi connectivity index (χ0n) is 11.0. The van der Waals surface area contributed by atoms with Crippen molar-refractivity contribution in [2.75, 3.05) is 0 Å². The van der Waals surface area contributed by atoms with Gasteiger partial charge in [-0.3, -0.25) is 4.79 Å². The molecule has 0 fully saturated rings. The summed E-state index contributed by atoms with van der Waals surface area (Å²) in [5, 5.41) is 9.89. The van der Waals surface area contributed by atoms with Crippen molar-refractivity contribution in [1.29, 1.82) is 0 Å². The average molecular weight is 254 g/mol. The molecule has 0 aliphatic rings. The van der Waals surface area contributed by atoms with Gasteiger partial charge in [-0.25, -0.2) is 0 Å². The number of carbonyl (C=O) groups is 1. The van der Waals surface area contributed by atoms with Gasteiger partial charge in [0, 0.05) is 5.56 Å². The van der Waals surface area contributed by atoms with Crippen LogP contribution in [-0.2, 0) is 0 Å². The average Bonchev–Trinajstić information content (AvgIpc) is 2.48. The SMILES string of the molecule is C=CC.O=C(c1ccccc1)C(O)c1ccccc1. The zero-order valence-corrected chi connectivity index (χ0v) is 11.0. The molecule has 0 spiro atoms. The van der Waals surface area contributed by atoms with Crippen molar-refractivity contribution >= 4 is 5.78 Å². The molecule has 2 heteroatoms. The predicted molar refractivity (Wildman–Crippen MR) is 78.0 cm³/mol. The van der Waals surface area contributed by atoms with Crippen molar-refractivity contribution in [3.63, 3.8) is 0 Å². The highest BCUT2D eigenvalue weighted by Crippen LogP contribution is 2.17. The van der Waals surface area contributed by atoms with Gasteiger partial charge < -0.3 is 5.11 Å². The van der Waals surface area contributed by atoms with E-state index in [1.807, 2.05) is 19.1 Å². The molecule has 0 amide bonds. The fourth-order valence-electron chi connectivity index (χ4n) is 1.55. The van der Waals surface area contributed by atoms with Gasteiger partial charge in [-0.05, 0) is 12.5 Å². The first kappa shape index (κ1) is 14.9. The number of aliphatic hydroxyl groups excluding tert-OH is 1. The van der Waals surface area contributed by atoms with E-state index in [4.69, 9.17) is 0 Å². The smallest absolute Gasteiger partial charge is 0.195 e. The molecule has 0 aliphatic carbocycles. The summed E-state index contributed by atoms with van der Waals surface area (Å²) in [6, 6.07) is 17.7. The number of carbonyl (C=O) groups excluding carboxylic acids is 1. The Kier molecular flexibility index (Phi) is 6.27. The van der Waals surface area contributed by atoms with Gasteiger partial charge in [0.25, 0.3) is 0 Å². The second-order valence-corrected chi connectivity index (χ2v) is 3.95. The van der Waals surface area contributed by atoms with Crippen LogP contribution in [0.3, 0.4) is 0 Å². The van der Waals surface area contributed by atoms with E-state index in [1.54, 1.807) is 54.6 Å². The van der Waals surface area contributed by atoms with Crippen LogP contribution in [0.5, 0.6) is 0 Å². The van der Waals surface area contributed by atoms with Gasteiger partial charge in [0.05, 0.1) is 0 Å². The Morgan fingerprint density at radius 1 is 1.05 bits per heavy atom. The lowest BCUT2D eigenvalue weighted by atomic mass is 10.0. The Balaban J connectivity index is 0.000000550. The number of Topliss-reactive ketones (excluding diaryl/α,β-unsaturated/α-hetero) is 1. The summed E-state index contributed by atoms with van der Waals surface area (Å²) in [5.41, 5.74) is 1.15. The van der Waals surface area contributed by atoms with E-state index in [1.165, 1.54) is 0 Å². The Bertz CT molecular complexity index is 503. The largest absolute Gasteiger partial charge is 0.380 e. The first-order chi connectivity index (χ1) is 9.20. The summed E-state index contributed by atoms with van der Waals surface area (Å²) < 4.78 is 0. The van der Waals surface area contributed by atoms with E-state index in [9.17, 15) is 9.90 Å². The van der Waals surface area contributed by atoms with Crippen molar-refractivity contribution in [3.05, 3.63) is 84.4 Å². The van der Waals surface area contributed by atoms with Crippen LogP contribution >= 0.6 is 0 Å². The molecule has 0 bridgehead atoms. The minimum Gasteiger partial charge on any atom is -0.380 e. The summed E-state index contributed by atoms with van der Waals surface area (Å²) in [6.07, 6.45) is 0.670. The lowest BCUT2D eigenvalue weighted by Crippen LogP contribution is -2.11. The molecule has 2 aromatic rings. The lowest BCUT2D eigenvalue weighted by Gasteiger charge is -2.09. The molecule has 0 saturated heterocycles. The summed E-state index contributed by atoms with van der Waals surface area (Å²) in [4.78, 5) is 11.9. The number of rotatable bonds is 3. The highest BCUT2D eigenvalue weighted by Gasteiger charge is 2.18. The quantitative estimate of drug-likeness (QED) is 0.668. The Morgan fingerprint density at radius 2 is 1.47 bits per heavy atom. The third-order valence-electron chi connectivity index (χ3n) is 2.42. The van der Waals surface area contributed by atoms with Crippen LogP contribution in [0.25, 0.3) is 0 Å². The molecule has 0 heterocycles. The van der Waals surface area contributed by atoms with Gasteiger partial charge in [-0.15, -0.1) is 6.58 Å². The van der Waals surface area contributed by atoms with E-state index < -0.39 is 6.10 Å². The van der Waals surface area contributed by atoms with Crippen molar-refractivity contribution in [2.24, 2.45) is 0 Å². The molecule has 0 aliphatic heterocycles. The second-order valence-electron chi connectivity index (χ2n) is 3.95. The van der Waals surface area contributed by atoms with Gasteiger partial charge in [0.1, 0.15) is 6.10 Å². The van der Waals surface area contributed by atoms with Crippen molar-refractivity contribution in [2.45, 2.75) is 13.0 Å². The van der Waals surface area contributed by atoms with Gasteiger partial charge in [-0.1, -0.05) is 66.7 Å². The van der Waals surface area contributed by atoms with Crippen LogP contribution in [0.4, 0.5) is 0 Å². The number of hydrogen-bond acceptors (Lipinski definition) is 2. The number of ketones is 1. The minimum atomic E-state index is -1.08. The van der Waals surface area contributed by atoms with Gasteiger partial charge >= 0.3 is 0 Å². The summed E-state index contributed by atoms with van der Waals surface area (Å²) in [6.45, 7) is 5.25. The fourth-order valence-corrected chi connectivity index (χ4v) is 1.55. The maximum atomic E-state index is 11.9. The molecule has 0 radical (unpaired) electrons. The van der Waals surface area contributed by atoms with Crippen molar-refractivity contribution < 1.29 is 9.90 Å². The number of hydrogen-bond donors (Lipinski definition) is 1. The second kappa shape index (κ2) is 8.01. The number of allylic oxidation sites excluding steroid dienone is 1. The molecule has 1 atom stereocenters. The summed E-state index contributed by atoms with van der Waals surface area (Å²) in [7, 11) is 0. The third kappa shape index (κ3) is 4.53. The molecular weight excluding hydrogens is 236 g/mol. The van der Waals surface area contributed by atoms with Crippen LogP contribution < -0.4 is 0 Å². The minimum absolute atomic E-state index is 0.271. The van der Waals surface area contributed by atoms with E-state index in [0.29, 0.717) is 11.1 Å². The Labute approximate surface area is 114 Å². The highest BCUT2D eigenvalue weighted by molar-refractivity contribution is 5.99. The molecule has 1 N–H and O–H groups in total. The standard InChI is InChI=1S/C14H12O2.C3H6/c15-13(11-7-3-1-4-8-11)14(16)12-9-5-2-6-10-12;1-3-2/h1-10,13,15H;3H,1H2,2H3. The maximum Gasteiger partial charge on any atom is 0.195 e. The summed E-state index contributed by atoms with van der Waals surface area (Å²) in [5.74, 6) is -0.271. The Morgan fingerprint density at radius 3 is 1.95 bits per heavy atom. The number of aliphatic hydroxyl groups is 1. The molecular formula is C17H18O2. The molecule has 2 nitrogen and oxygen atoms in total. The molecule has 1 unspecified atom stereocenters. The number of benzene rings is 2. The molecule has 98 valence electrons. The predicted octanol–water partition coefficient (Wildman–Crippen LogP) is 3.80.